The van der Waals surface area contributed by atoms with Gasteiger partial charge in [-0.3, -0.25) is 4.79 Å². The minimum Gasteiger partial charge on any atom is -0.336 e. The Morgan fingerprint density at radius 3 is 2.30 bits per heavy atom. The van der Waals surface area contributed by atoms with Gasteiger partial charge in [0.2, 0.25) is 15.9 Å². The minimum atomic E-state index is -3.58. The molecule has 1 N–H and O–H groups in total. The van der Waals surface area contributed by atoms with E-state index in [4.69, 9.17) is 7.85 Å². The van der Waals surface area contributed by atoms with Gasteiger partial charge in [0.05, 0.1) is 10.9 Å². The molecule has 1 aliphatic carbocycles. The highest BCUT2D eigenvalue weighted by atomic mass is 32.2. The summed E-state index contributed by atoms with van der Waals surface area (Å²) in [6, 6.07) is 12.5. The monoisotopic (exact) mass is 468 g/mol. The van der Waals surface area contributed by atoms with Crippen LogP contribution in [0.1, 0.15) is 63.0 Å². The number of hydrogen-bond donors (Lipinski definition) is 1. The lowest BCUT2D eigenvalue weighted by Gasteiger charge is -2.37. The normalized spacial score (nSPS) is 23.9. The molecular formula is C25H30BFN2O3S. The van der Waals surface area contributed by atoms with Gasteiger partial charge in [0.25, 0.3) is 0 Å². The highest BCUT2D eigenvalue weighted by Crippen LogP contribution is 2.34. The lowest BCUT2D eigenvalue weighted by atomic mass is 9.83. The third-order valence-corrected chi connectivity index (χ3v) is 8.44. The molecule has 0 aromatic heterocycles. The number of carbonyl (C=O) groups is 1. The van der Waals surface area contributed by atoms with E-state index in [0.29, 0.717) is 24.7 Å². The number of amides is 1. The Morgan fingerprint density at radius 1 is 0.970 bits per heavy atom. The first-order chi connectivity index (χ1) is 15.8. The second-order valence-electron chi connectivity index (χ2n) is 9.26. The fraction of sp³-hybridized carbons (Fsp3) is 0.480. The smallest absolute Gasteiger partial charge is 0.240 e. The van der Waals surface area contributed by atoms with Crippen molar-refractivity contribution >= 4 is 29.2 Å². The highest BCUT2D eigenvalue weighted by Gasteiger charge is 2.31. The van der Waals surface area contributed by atoms with Crippen LogP contribution in [-0.2, 0) is 14.8 Å². The summed E-state index contributed by atoms with van der Waals surface area (Å²) in [5.41, 5.74) is 1.51. The van der Waals surface area contributed by atoms with Gasteiger partial charge >= 0.3 is 0 Å². The molecule has 1 amide bonds. The fourth-order valence-corrected chi connectivity index (χ4v) is 6.35. The summed E-state index contributed by atoms with van der Waals surface area (Å²) in [6.07, 6.45) is 6.49. The summed E-state index contributed by atoms with van der Waals surface area (Å²) in [6.45, 7) is 0.734. The zero-order valence-electron chi connectivity index (χ0n) is 18.8. The molecule has 1 atom stereocenters. The molecule has 1 heterocycles. The molecule has 1 aliphatic heterocycles. The van der Waals surface area contributed by atoms with Crippen LogP contribution >= 0.6 is 0 Å². The van der Waals surface area contributed by atoms with Gasteiger partial charge in [-0.2, -0.15) is 0 Å². The number of sulfonamides is 1. The Hall–Kier alpha value is -2.19. The Bertz CT molecular complexity index is 1050. The topological polar surface area (TPSA) is 66.5 Å². The summed E-state index contributed by atoms with van der Waals surface area (Å²) < 4.78 is 41.4. The van der Waals surface area contributed by atoms with E-state index in [2.05, 4.69) is 4.72 Å². The largest absolute Gasteiger partial charge is 0.336 e. The van der Waals surface area contributed by atoms with Crippen LogP contribution in [0.4, 0.5) is 4.39 Å². The number of halogens is 1. The number of nitrogens with one attached hydrogen (secondary N) is 1. The number of benzene rings is 2. The van der Waals surface area contributed by atoms with Crippen LogP contribution in [0.5, 0.6) is 0 Å². The van der Waals surface area contributed by atoms with Crippen molar-refractivity contribution in [3.8, 4) is 0 Å². The summed E-state index contributed by atoms with van der Waals surface area (Å²) >= 11 is 0. The molecule has 0 bridgehead atoms. The van der Waals surface area contributed by atoms with E-state index in [1.807, 2.05) is 4.90 Å². The molecule has 2 aliphatic rings. The van der Waals surface area contributed by atoms with Crippen molar-refractivity contribution in [2.75, 3.05) is 6.54 Å². The van der Waals surface area contributed by atoms with E-state index in [1.54, 1.807) is 24.3 Å². The molecule has 33 heavy (non-hydrogen) atoms. The molecule has 1 saturated heterocycles. The Morgan fingerprint density at radius 2 is 1.64 bits per heavy atom. The number of likely N-dealkylation sites (tertiary alicyclic amines) is 1. The van der Waals surface area contributed by atoms with E-state index >= 15 is 0 Å². The van der Waals surface area contributed by atoms with Crippen molar-refractivity contribution in [3.05, 3.63) is 59.9 Å². The third-order valence-electron chi connectivity index (χ3n) is 6.90. The molecule has 2 fully saturated rings. The molecule has 5 nitrogen and oxygen atoms in total. The Labute approximate surface area is 197 Å². The van der Waals surface area contributed by atoms with Gasteiger partial charge in [0, 0.05) is 19.0 Å². The van der Waals surface area contributed by atoms with Crippen LogP contribution in [0.3, 0.4) is 0 Å². The standard InChI is InChI=1S/C25H30BFN2O3S/c26-20-8-14-23(15-9-20)33(31,32)28-22-12-4-18(5-13-22)17-25(30)29-16-2-1-3-24(29)19-6-10-21(27)11-7-19/h6-11,14-15,18,22,24,28H,1-5,12-13,16-17H2. The zero-order chi connectivity index (χ0) is 23.4. The zero-order valence-corrected chi connectivity index (χ0v) is 19.6. The number of piperidine rings is 1. The molecule has 174 valence electrons. The van der Waals surface area contributed by atoms with Crippen LogP contribution in [0.25, 0.3) is 0 Å². The van der Waals surface area contributed by atoms with Gasteiger partial charge in [-0.1, -0.05) is 29.7 Å². The van der Waals surface area contributed by atoms with Gasteiger partial charge in [-0.05, 0) is 80.7 Å². The van der Waals surface area contributed by atoms with Gasteiger partial charge in [0.1, 0.15) is 13.7 Å². The van der Waals surface area contributed by atoms with Crippen molar-refractivity contribution in [1.82, 2.24) is 9.62 Å². The van der Waals surface area contributed by atoms with Crippen LogP contribution in [0, 0.1) is 11.7 Å². The number of rotatable bonds is 6. The number of hydrogen-bond acceptors (Lipinski definition) is 3. The van der Waals surface area contributed by atoms with Crippen molar-refractivity contribution in [3.63, 3.8) is 0 Å². The van der Waals surface area contributed by atoms with Gasteiger partial charge in [-0.15, -0.1) is 0 Å². The van der Waals surface area contributed by atoms with Crippen LogP contribution in [-0.4, -0.2) is 39.7 Å². The molecule has 0 spiro atoms. The Balaban J connectivity index is 1.31. The van der Waals surface area contributed by atoms with Crippen molar-refractivity contribution in [2.24, 2.45) is 5.92 Å². The molecule has 2 aromatic carbocycles. The quantitative estimate of drug-likeness (QED) is 0.659. The highest BCUT2D eigenvalue weighted by molar-refractivity contribution is 7.89. The maximum Gasteiger partial charge on any atom is 0.240 e. The van der Waals surface area contributed by atoms with E-state index in [-0.39, 0.29) is 34.6 Å². The summed E-state index contributed by atoms with van der Waals surface area (Å²) in [5, 5.41) is 0. The summed E-state index contributed by atoms with van der Waals surface area (Å²) in [4.78, 5) is 15.3. The van der Waals surface area contributed by atoms with Crippen LogP contribution in [0.2, 0.25) is 0 Å². The molecule has 2 radical (unpaired) electrons. The van der Waals surface area contributed by atoms with E-state index in [9.17, 15) is 17.6 Å². The van der Waals surface area contributed by atoms with E-state index in [1.165, 1.54) is 24.3 Å². The average molecular weight is 468 g/mol. The summed E-state index contributed by atoms with van der Waals surface area (Å²) in [5.74, 6) is 0.136. The fourth-order valence-electron chi connectivity index (χ4n) is 5.04. The van der Waals surface area contributed by atoms with Crippen LogP contribution in [0.15, 0.2) is 53.4 Å². The molecule has 8 heteroatoms. The minimum absolute atomic E-state index is 0.00917. The molecular weight excluding hydrogens is 438 g/mol. The van der Waals surface area contributed by atoms with Gasteiger partial charge in [0.15, 0.2) is 0 Å². The first-order valence-electron chi connectivity index (χ1n) is 11.7. The molecule has 1 unspecified atom stereocenters. The number of nitrogens with zero attached hydrogens (tertiary/aromatic N) is 1. The van der Waals surface area contributed by atoms with Crippen LogP contribution < -0.4 is 10.2 Å². The molecule has 4 rings (SSSR count). The SMILES string of the molecule is [B]c1ccc(S(=O)(=O)NC2CCC(CC(=O)N3CCCCC3c3ccc(F)cc3)CC2)cc1. The van der Waals surface area contributed by atoms with E-state index in [0.717, 1.165) is 44.2 Å². The maximum absolute atomic E-state index is 13.3. The third kappa shape index (κ3) is 6.04. The number of carbonyl (C=O) groups excluding carboxylic acids is 1. The second kappa shape index (κ2) is 10.4. The average Bonchev–Trinajstić information content (AvgIpc) is 2.81. The Kier molecular flexibility index (Phi) is 7.54. The first-order valence-corrected chi connectivity index (χ1v) is 13.2. The lowest BCUT2D eigenvalue weighted by Crippen LogP contribution is -2.41. The maximum atomic E-state index is 13.3. The molecule has 2 aromatic rings. The second-order valence-corrected chi connectivity index (χ2v) is 11.0. The molecule has 1 saturated carbocycles. The van der Waals surface area contributed by atoms with E-state index < -0.39 is 10.0 Å². The van der Waals surface area contributed by atoms with Gasteiger partial charge < -0.3 is 4.90 Å². The van der Waals surface area contributed by atoms with Crippen molar-refractivity contribution in [2.45, 2.75) is 68.3 Å². The lowest BCUT2D eigenvalue weighted by molar-refractivity contribution is -0.136. The summed E-state index contributed by atoms with van der Waals surface area (Å²) in [7, 11) is 2.07. The van der Waals surface area contributed by atoms with Gasteiger partial charge in [-0.25, -0.2) is 17.5 Å². The predicted molar refractivity (Wildman–Crippen MR) is 127 cm³/mol. The predicted octanol–water partition coefficient (Wildman–Crippen LogP) is 3.60. The first kappa shape index (κ1) is 24.0. The van der Waals surface area contributed by atoms with Crippen molar-refractivity contribution < 1.29 is 17.6 Å². The van der Waals surface area contributed by atoms with Crippen molar-refractivity contribution in [1.29, 1.82) is 0 Å².